The number of aromatic nitrogens is 2. The average molecular weight is 348 g/mol. The largest absolute Gasteiger partial charge is 0.369 e. The van der Waals surface area contributed by atoms with Gasteiger partial charge in [0.05, 0.1) is 5.56 Å². The number of amides is 1. The number of H-pyrrole nitrogens is 1. The van der Waals surface area contributed by atoms with Crippen LogP contribution in [0.1, 0.15) is 42.5 Å². The van der Waals surface area contributed by atoms with Gasteiger partial charge in [0.15, 0.2) is 0 Å². The van der Waals surface area contributed by atoms with Crippen molar-refractivity contribution in [2.24, 2.45) is 5.92 Å². The summed E-state index contributed by atoms with van der Waals surface area (Å²) >= 11 is 1.21. The molecule has 0 aliphatic carbocycles. The zero-order valence-electron chi connectivity index (χ0n) is 13.3. The Bertz CT molecular complexity index is 805. The van der Waals surface area contributed by atoms with Crippen molar-refractivity contribution in [1.29, 1.82) is 0 Å². The van der Waals surface area contributed by atoms with Gasteiger partial charge in [-0.15, -0.1) is 11.3 Å². The summed E-state index contributed by atoms with van der Waals surface area (Å²) in [6.45, 7) is 1.39. The van der Waals surface area contributed by atoms with Crippen LogP contribution in [0.4, 0.5) is 5.95 Å². The number of nitrogens with one attached hydrogen (secondary N) is 1. The van der Waals surface area contributed by atoms with Crippen molar-refractivity contribution in [3.05, 3.63) is 21.3 Å². The van der Waals surface area contributed by atoms with Gasteiger partial charge in [-0.3, -0.25) is 14.6 Å². The monoisotopic (exact) mass is 348 g/mol. The second kappa shape index (κ2) is 7.12. The molecule has 0 saturated carbocycles. The lowest BCUT2D eigenvalue weighted by atomic mass is 9.91. The van der Waals surface area contributed by atoms with E-state index in [1.165, 1.54) is 11.3 Å². The van der Waals surface area contributed by atoms with E-state index in [0.29, 0.717) is 41.2 Å². The summed E-state index contributed by atoms with van der Waals surface area (Å²) in [6, 6.07) is 0. The molecule has 1 aliphatic rings. The van der Waals surface area contributed by atoms with E-state index in [4.69, 9.17) is 5.73 Å². The average Bonchev–Trinajstić information content (AvgIpc) is 2.99. The number of nitrogens with two attached hydrogens (primary N) is 1. The Morgan fingerprint density at radius 1 is 1.46 bits per heavy atom. The fourth-order valence-corrected chi connectivity index (χ4v) is 4.06. The van der Waals surface area contributed by atoms with E-state index < -0.39 is 0 Å². The lowest BCUT2D eigenvalue weighted by Crippen LogP contribution is -2.38. The zero-order valence-corrected chi connectivity index (χ0v) is 14.1. The van der Waals surface area contributed by atoms with Crippen molar-refractivity contribution in [3.63, 3.8) is 0 Å². The van der Waals surface area contributed by atoms with Crippen LogP contribution >= 0.6 is 11.3 Å². The highest BCUT2D eigenvalue weighted by atomic mass is 32.1. The molecule has 8 heteroatoms. The summed E-state index contributed by atoms with van der Waals surface area (Å²) < 4.78 is 0.427. The van der Waals surface area contributed by atoms with Gasteiger partial charge in [-0.05, 0) is 31.6 Å². The van der Waals surface area contributed by atoms with Gasteiger partial charge < -0.3 is 15.4 Å². The molecule has 0 spiro atoms. The first-order valence-corrected chi connectivity index (χ1v) is 8.98. The van der Waals surface area contributed by atoms with Gasteiger partial charge in [-0.25, -0.2) is 4.98 Å². The molecular formula is C16H20N4O3S. The minimum atomic E-state index is -0.310. The maximum absolute atomic E-state index is 12.8. The first-order valence-electron chi connectivity index (χ1n) is 8.10. The van der Waals surface area contributed by atoms with Crippen LogP contribution in [0.3, 0.4) is 0 Å². The van der Waals surface area contributed by atoms with Crippen LogP contribution in [0.25, 0.3) is 10.2 Å². The van der Waals surface area contributed by atoms with Crippen LogP contribution in [0.15, 0.2) is 10.2 Å². The minimum absolute atomic E-state index is 0.0221. The molecule has 24 heavy (non-hydrogen) atoms. The van der Waals surface area contributed by atoms with Gasteiger partial charge in [-0.1, -0.05) is 0 Å². The van der Waals surface area contributed by atoms with Crippen molar-refractivity contribution in [1.82, 2.24) is 14.9 Å². The third-order valence-electron chi connectivity index (χ3n) is 4.51. The Morgan fingerprint density at radius 2 is 2.21 bits per heavy atom. The Balaban J connectivity index is 1.70. The van der Waals surface area contributed by atoms with Crippen molar-refractivity contribution in [3.8, 4) is 0 Å². The van der Waals surface area contributed by atoms with Crippen LogP contribution in [-0.4, -0.2) is 40.2 Å². The molecule has 1 saturated heterocycles. The van der Waals surface area contributed by atoms with Gasteiger partial charge in [-0.2, -0.15) is 0 Å². The lowest BCUT2D eigenvalue weighted by Gasteiger charge is -2.31. The molecule has 128 valence electrons. The van der Waals surface area contributed by atoms with Crippen LogP contribution in [0, 0.1) is 5.92 Å². The maximum Gasteiger partial charge on any atom is 0.270 e. The zero-order chi connectivity index (χ0) is 17.1. The molecule has 7 nitrogen and oxygen atoms in total. The summed E-state index contributed by atoms with van der Waals surface area (Å²) in [4.78, 5) is 43.4. The van der Waals surface area contributed by atoms with Crippen LogP contribution in [0.5, 0.6) is 0 Å². The first-order chi connectivity index (χ1) is 11.6. The molecule has 3 N–H and O–H groups in total. The number of unbranched alkanes of at least 4 members (excludes halogenated alkanes) is 1. The molecule has 3 rings (SSSR count). The van der Waals surface area contributed by atoms with Crippen LogP contribution in [-0.2, 0) is 4.79 Å². The predicted molar refractivity (Wildman–Crippen MR) is 93.2 cm³/mol. The number of carbonyl (C=O) groups excluding carboxylic acids is 2. The number of hydrogen-bond acceptors (Lipinski definition) is 6. The van der Waals surface area contributed by atoms with Crippen molar-refractivity contribution < 1.29 is 9.59 Å². The first kappa shape index (κ1) is 16.6. The number of nitrogens with zero attached hydrogens (tertiary/aromatic N) is 2. The third-order valence-corrected chi connectivity index (χ3v) is 5.48. The van der Waals surface area contributed by atoms with E-state index in [-0.39, 0.29) is 17.4 Å². The summed E-state index contributed by atoms with van der Waals surface area (Å²) in [6.07, 6.45) is 5.42. The molecule has 3 heterocycles. The normalized spacial score (nSPS) is 15.8. The number of nitrogen functional groups attached to an aromatic ring is 1. The standard InChI is InChI=1S/C16H20N4O3S/c17-16-18-12-11(9-24-13(12)14(22)19-16)15(23)20-6-4-10(5-7-20)3-1-2-8-21/h8-10H,1-7H2,(H3,17,18,19,22). The molecule has 0 radical (unpaired) electrons. The molecular weight excluding hydrogens is 328 g/mol. The summed E-state index contributed by atoms with van der Waals surface area (Å²) in [5.41, 5.74) is 6.13. The third kappa shape index (κ3) is 3.33. The van der Waals surface area contributed by atoms with Crippen molar-refractivity contribution >= 4 is 39.7 Å². The van der Waals surface area contributed by atoms with Crippen LogP contribution < -0.4 is 11.3 Å². The smallest absolute Gasteiger partial charge is 0.270 e. The molecule has 2 aromatic heterocycles. The molecule has 0 atom stereocenters. The van der Waals surface area contributed by atoms with Gasteiger partial charge >= 0.3 is 0 Å². The Morgan fingerprint density at radius 3 is 2.92 bits per heavy atom. The molecule has 1 amide bonds. The number of aldehydes is 1. The second-order valence-electron chi connectivity index (χ2n) is 6.11. The Hall–Kier alpha value is -2.22. The van der Waals surface area contributed by atoms with Gasteiger partial charge in [0, 0.05) is 24.9 Å². The Labute approximate surface area is 142 Å². The van der Waals surface area contributed by atoms with E-state index in [0.717, 1.165) is 32.0 Å². The number of rotatable bonds is 5. The highest BCUT2D eigenvalue weighted by Crippen LogP contribution is 2.27. The van der Waals surface area contributed by atoms with Crippen molar-refractivity contribution in [2.75, 3.05) is 18.8 Å². The van der Waals surface area contributed by atoms with Gasteiger partial charge in [0.25, 0.3) is 11.5 Å². The summed E-state index contributed by atoms with van der Waals surface area (Å²) in [5, 5.41) is 1.69. The molecule has 0 unspecified atom stereocenters. The van der Waals surface area contributed by atoms with Crippen LogP contribution in [0.2, 0.25) is 0 Å². The maximum atomic E-state index is 12.8. The number of thiophene rings is 1. The second-order valence-corrected chi connectivity index (χ2v) is 6.99. The fourth-order valence-electron chi connectivity index (χ4n) is 3.18. The number of fused-ring (bicyclic) bond motifs is 1. The van der Waals surface area contributed by atoms with E-state index in [2.05, 4.69) is 9.97 Å². The van der Waals surface area contributed by atoms with Gasteiger partial charge in [0.1, 0.15) is 16.5 Å². The van der Waals surface area contributed by atoms with E-state index in [9.17, 15) is 14.4 Å². The number of anilines is 1. The number of hydrogen-bond donors (Lipinski definition) is 2. The number of likely N-dealkylation sites (tertiary alicyclic amines) is 1. The quantitative estimate of drug-likeness (QED) is 0.632. The predicted octanol–water partition coefficient (Wildman–Crippen LogP) is 1.79. The highest BCUT2D eigenvalue weighted by Gasteiger charge is 2.26. The number of aromatic amines is 1. The van der Waals surface area contributed by atoms with Crippen molar-refractivity contribution in [2.45, 2.75) is 32.1 Å². The molecule has 2 aromatic rings. The number of piperidine rings is 1. The Kier molecular flexibility index (Phi) is 4.94. The van der Waals surface area contributed by atoms with E-state index in [1.807, 2.05) is 4.90 Å². The highest BCUT2D eigenvalue weighted by molar-refractivity contribution is 7.17. The minimum Gasteiger partial charge on any atom is -0.369 e. The summed E-state index contributed by atoms with van der Waals surface area (Å²) in [7, 11) is 0. The topological polar surface area (TPSA) is 109 Å². The molecule has 1 aliphatic heterocycles. The summed E-state index contributed by atoms with van der Waals surface area (Å²) in [5.74, 6) is 0.503. The fraction of sp³-hybridized carbons (Fsp3) is 0.500. The number of carbonyl (C=O) groups is 2. The van der Waals surface area contributed by atoms with E-state index >= 15 is 0 Å². The lowest BCUT2D eigenvalue weighted by molar-refractivity contribution is -0.108. The van der Waals surface area contributed by atoms with E-state index in [1.54, 1.807) is 5.38 Å². The van der Waals surface area contributed by atoms with Gasteiger partial charge in [0.2, 0.25) is 5.95 Å². The molecule has 0 aromatic carbocycles. The molecule has 1 fully saturated rings. The SMILES string of the molecule is Nc1nc2c(C(=O)N3CCC(CCCC=O)CC3)csc2c(=O)[nH]1. The molecule has 0 bridgehead atoms.